The van der Waals surface area contributed by atoms with Crippen molar-refractivity contribution in [1.29, 1.82) is 0 Å². The van der Waals surface area contributed by atoms with E-state index in [1.54, 1.807) is 36.5 Å². The van der Waals surface area contributed by atoms with Gasteiger partial charge in [-0.2, -0.15) is 0 Å². The van der Waals surface area contributed by atoms with E-state index in [4.69, 9.17) is 4.74 Å². The van der Waals surface area contributed by atoms with Gasteiger partial charge in [-0.1, -0.05) is 31.5 Å². The third-order valence-electron chi connectivity index (χ3n) is 3.15. The summed E-state index contributed by atoms with van der Waals surface area (Å²) in [5.74, 6) is -0.530. The standard InChI is InChI=1S/C18H19NO3/c1-2-3-14-22-17(20)12-11-16-10-7-13-19(16)18(21)15-8-5-4-6-9-15/h4-13H,2-3,14H2,1H3. The van der Waals surface area contributed by atoms with E-state index in [-0.39, 0.29) is 5.91 Å². The number of ether oxygens (including phenoxy) is 1. The number of unbranched alkanes of at least 4 members (excludes halogenated alkanes) is 1. The van der Waals surface area contributed by atoms with Gasteiger partial charge in [-0.15, -0.1) is 0 Å². The maximum absolute atomic E-state index is 12.4. The predicted molar refractivity (Wildman–Crippen MR) is 85.5 cm³/mol. The van der Waals surface area contributed by atoms with E-state index in [9.17, 15) is 9.59 Å². The molecule has 0 atom stereocenters. The average Bonchev–Trinajstić information content (AvgIpc) is 3.02. The topological polar surface area (TPSA) is 48.3 Å². The van der Waals surface area contributed by atoms with E-state index in [2.05, 4.69) is 0 Å². The van der Waals surface area contributed by atoms with Crippen molar-refractivity contribution >= 4 is 18.0 Å². The van der Waals surface area contributed by atoms with Crippen molar-refractivity contribution in [3.05, 3.63) is 66.0 Å². The molecule has 0 radical (unpaired) electrons. The fourth-order valence-corrected chi connectivity index (χ4v) is 1.95. The first kappa shape index (κ1) is 15.8. The predicted octanol–water partition coefficient (Wildman–Crippen LogP) is 3.53. The Hall–Kier alpha value is -2.62. The number of carbonyl (C=O) groups excluding carboxylic acids is 2. The summed E-state index contributed by atoms with van der Waals surface area (Å²) in [4.78, 5) is 24.0. The van der Waals surface area contributed by atoms with Crippen LogP contribution in [0.5, 0.6) is 0 Å². The summed E-state index contributed by atoms with van der Waals surface area (Å²) in [6.07, 6.45) is 6.44. The molecule has 2 aromatic rings. The molecule has 0 aliphatic heterocycles. The van der Waals surface area contributed by atoms with Crippen molar-refractivity contribution in [1.82, 2.24) is 4.57 Å². The molecule has 0 amide bonds. The van der Waals surface area contributed by atoms with Gasteiger partial charge in [0.1, 0.15) is 0 Å². The van der Waals surface area contributed by atoms with Crippen molar-refractivity contribution in [3.63, 3.8) is 0 Å². The van der Waals surface area contributed by atoms with E-state index in [1.165, 1.54) is 10.6 Å². The van der Waals surface area contributed by atoms with Crippen LogP contribution in [0.2, 0.25) is 0 Å². The summed E-state index contributed by atoms with van der Waals surface area (Å²) in [7, 11) is 0. The molecular formula is C18H19NO3. The van der Waals surface area contributed by atoms with Crippen LogP contribution in [-0.4, -0.2) is 23.1 Å². The summed E-state index contributed by atoms with van der Waals surface area (Å²) in [5.41, 5.74) is 1.24. The van der Waals surface area contributed by atoms with Gasteiger partial charge in [-0.3, -0.25) is 9.36 Å². The number of aromatic nitrogens is 1. The molecule has 4 nitrogen and oxygen atoms in total. The average molecular weight is 297 g/mol. The Morgan fingerprint density at radius 2 is 1.91 bits per heavy atom. The Balaban J connectivity index is 2.07. The zero-order chi connectivity index (χ0) is 15.8. The minimum absolute atomic E-state index is 0.135. The summed E-state index contributed by atoms with van der Waals surface area (Å²) in [6.45, 7) is 2.45. The maximum atomic E-state index is 12.4. The molecule has 2 rings (SSSR count). The Bertz CT molecular complexity index is 656. The minimum atomic E-state index is -0.395. The van der Waals surface area contributed by atoms with Gasteiger partial charge in [0.15, 0.2) is 0 Å². The van der Waals surface area contributed by atoms with E-state index in [0.717, 1.165) is 12.8 Å². The first-order chi connectivity index (χ1) is 10.7. The molecule has 0 spiro atoms. The second kappa shape index (κ2) is 7.98. The van der Waals surface area contributed by atoms with E-state index < -0.39 is 5.97 Å². The molecule has 0 fully saturated rings. The molecule has 0 aliphatic rings. The fraction of sp³-hybridized carbons (Fsp3) is 0.222. The van der Waals surface area contributed by atoms with Crippen molar-refractivity contribution in [2.24, 2.45) is 0 Å². The summed E-state index contributed by atoms with van der Waals surface area (Å²) in [5, 5.41) is 0. The lowest BCUT2D eigenvalue weighted by Crippen LogP contribution is -2.12. The van der Waals surface area contributed by atoms with Gasteiger partial charge in [0.25, 0.3) is 5.91 Å². The SMILES string of the molecule is CCCCOC(=O)C=Cc1cccn1C(=O)c1ccccc1. The molecule has 22 heavy (non-hydrogen) atoms. The third kappa shape index (κ3) is 4.19. The highest BCUT2D eigenvalue weighted by Gasteiger charge is 2.10. The molecule has 0 saturated carbocycles. The molecule has 4 heteroatoms. The number of hydrogen-bond acceptors (Lipinski definition) is 3. The van der Waals surface area contributed by atoms with Gasteiger partial charge in [0.2, 0.25) is 0 Å². The Labute approximate surface area is 130 Å². The Morgan fingerprint density at radius 3 is 2.64 bits per heavy atom. The van der Waals surface area contributed by atoms with Gasteiger partial charge in [0.05, 0.1) is 6.61 Å². The normalized spacial score (nSPS) is 10.8. The van der Waals surface area contributed by atoms with Crippen LogP contribution in [0.1, 0.15) is 35.8 Å². The van der Waals surface area contributed by atoms with Crippen LogP contribution < -0.4 is 0 Å². The van der Waals surface area contributed by atoms with E-state index in [1.807, 2.05) is 25.1 Å². The van der Waals surface area contributed by atoms with Crippen LogP contribution in [0.25, 0.3) is 6.08 Å². The summed E-state index contributed by atoms with van der Waals surface area (Å²) >= 11 is 0. The van der Waals surface area contributed by atoms with Gasteiger partial charge in [0, 0.05) is 23.5 Å². The molecule has 0 bridgehead atoms. The Kier molecular flexibility index (Phi) is 5.72. The molecule has 0 aliphatic carbocycles. The minimum Gasteiger partial charge on any atom is -0.463 e. The highest BCUT2D eigenvalue weighted by molar-refractivity contribution is 5.97. The first-order valence-electron chi connectivity index (χ1n) is 7.34. The number of carbonyl (C=O) groups is 2. The second-order valence-corrected chi connectivity index (χ2v) is 4.83. The zero-order valence-corrected chi connectivity index (χ0v) is 12.6. The molecule has 0 saturated heterocycles. The summed E-state index contributed by atoms with van der Waals surface area (Å²) in [6, 6.07) is 12.6. The van der Waals surface area contributed by atoms with Crippen LogP contribution in [0.15, 0.2) is 54.7 Å². The van der Waals surface area contributed by atoms with Crippen LogP contribution in [0, 0.1) is 0 Å². The van der Waals surface area contributed by atoms with Crippen molar-refractivity contribution < 1.29 is 14.3 Å². The molecule has 114 valence electrons. The van der Waals surface area contributed by atoms with Crippen LogP contribution in [-0.2, 0) is 9.53 Å². The molecule has 0 N–H and O–H groups in total. The van der Waals surface area contributed by atoms with Gasteiger partial charge in [-0.05, 0) is 36.8 Å². The summed E-state index contributed by atoms with van der Waals surface area (Å²) < 4.78 is 6.55. The van der Waals surface area contributed by atoms with Crippen LogP contribution in [0.3, 0.4) is 0 Å². The highest BCUT2D eigenvalue weighted by atomic mass is 16.5. The monoisotopic (exact) mass is 297 g/mol. The van der Waals surface area contributed by atoms with Crippen LogP contribution in [0.4, 0.5) is 0 Å². The lowest BCUT2D eigenvalue weighted by molar-refractivity contribution is -0.137. The first-order valence-corrected chi connectivity index (χ1v) is 7.34. The van der Waals surface area contributed by atoms with Crippen molar-refractivity contribution in [3.8, 4) is 0 Å². The van der Waals surface area contributed by atoms with Crippen molar-refractivity contribution in [2.75, 3.05) is 6.61 Å². The van der Waals surface area contributed by atoms with E-state index in [0.29, 0.717) is 17.9 Å². The number of benzene rings is 1. The lowest BCUT2D eigenvalue weighted by atomic mass is 10.2. The third-order valence-corrected chi connectivity index (χ3v) is 3.15. The van der Waals surface area contributed by atoms with Gasteiger partial charge < -0.3 is 4.74 Å². The van der Waals surface area contributed by atoms with Gasteiger partial charge >= 0.3 is 5.97 Å². The largest absolute Gasteiger partial charge is 0.463 e. The zero-order valence-electron chi connectivity index (χ0n) is 12.6. The van der Waals surface area contributed by atoms with Crippen LogP contribution >= 0.6 is 0 Å². The lowest BCUT2D eigenvalue weighted by Gasteiger charge is -2.05. The number of rotatable bonds is 6. The second-order valence-electron chi connectivity index (χ2n) is 4.83. The number of nitrogens with zero attached hydrogens (tertiary/aromatic N) is 1. The molecular weight excluding hydrogens is 278 g/mol. The Morgan fingerprint density at radius 1 is 1.14 bits per heavy atom. The maximum Gasteiger partial charge on any atom is 0.330 e. The quantitative estimate of drug-likeness (QED) is 0.465. The number of esters is 1. The number of hydrogen-bond donors (Lipinski definition) is 0. The van der Waals surface area contributed by atoms with Gasteiger partial charge in [-0.25, -0.2) is 4.79 Å². The fourth-order valence-electron chi connectivity index (χ4n) is 1.95. The molecule has 1 aromatic heterocycles. The smallest absolute Gasteiger partial charge is 0.330 e. The molecule has 1 aromatic carbocycles. The highest BCUT2D eigenvalue weighted by Crippen LogP contribution is 2.10. The van der Waals surface area contributed by atoms with E-state index >= 15 is 0 Å². The molecule has 1 heterocycles. The van der Waals surface area contributed by atoms with Crippen molar-refractivity contribution in [2.45, 2.75) is 19.8 Å². The molecule has 0 unspecified atom stereocenters.